The van der Waals surface area contributed by atoms with Gasteiger partial charge in [0.2, 0.25) is 5.78 Å². The maximum absolute atomic E-state index is 13.4. The number of benzene rings is 1. The number of carbonyl (C=O) groups excluding carboxylic acids is 3. The van der Waals surface area contributed by atoms with Gasteiger partial charge < -0.3 is 19.0 Å². The molecule has 1 aliphatic rings. The summed E-state index contributed by atoms with van der Waals surface area (Å²) < 4.78 is 16.8. The number of aromatic nitrogens is 1. The van der Waals surface area contributed by atoms with Crippen LogP contribution in [0.4, 0.5) is 5.13 Å². The second kappa shape index (κ2) is 10.4. The number of nitrogens with zero attached hydrogens (tertiary/aromatic N) is 2. The van der Waals surface area contributed by atoms with Gasteiger partial charge in [0.05, 0.1) is 41.7 Å². The number of aryl methyl sites for hydroxylation is 1. The predicted molar refractivity (Wildman–Crippen MR) is 133 cm³/mol. The molecular weight excluding hydrogens is 484 g/mol. The number of hydrogen-bond acceptors (Lipinski definition) is 9. The van der Waals surface area contributed by atoms with Crippen LogP contribution in [0.3, 0.4) is 0 Å². The van der Waals surface area contributed by atoms with Gasteiger partial charge in [-0.15, -0.1) is 0 Å². The topological polar surface area (TPSA) is 119 Å². The van der Waals surface area contributed by atoms with Crippen molar-refractivity contribution in [1.82, 2.24) is 4.98 Å². The summed E-state index contributed by atoms with van der Waals surface area (Å²) in [5, 5.41) is 11.1. The van der Waals surface area contributed by atoms with E-state index in [1.165, 1.54) is 24.2 Å². The van der Waals surface area contributed by atoms with Crippen LogP contribution in [-0.4, -0.2) is 40.8 Å². The zero-order valence-corrected chi connectivity index (χ0v) is 21.2. The molecule has 1 amide bonds. The molecule has 0 saturated carbocycles. The summed E-state index contributed by atoms with van der Waals surface area (Å²) in [4.78, 5) is 44.9. The Labute approximate surface area is 212 Å². The van der Waals surface area contributed by atoms with E-state index in [-0.39, 0.29) is 22.2 Å². The quantitative estimate of drug-likeness (QED) is 0.369. The van der Waals surface area contributed by atoms with Crippen LogP contribution in [0, 0.1) is 6.92 Å². The molecule has 0 bridgehead atoms. The van der Waals surface area contributed by atoms with Crippen molar-refractivity contribution in [2.45, 2.75) is 40.2 Å². The molecule has 4 rings (SSSR count). The van der Waals surface area contributed by atoms with E-state index >= 15 is 0 Å². The van der Waals surface area contributed by atoms with Gasteiger partial charge in [-0.1, -0.05) is 24.3 Å². The monoisotopic (exact) mass is 510 g/mol. The molecule has 2 aromatic heterocycles. The van der Waals surface area contributed by atoms with E-state index in [0.717, 1.165) is 17.8 Å². The van der Waals surface area contributed by atoms with E-state index in [1.807, 2.05) is 13.8 Å². The maximum atomic E-state index is 13.4. The SMILES string of the molecule is CCCOc1ccc(C2C(C(=O)c3ccco3)=C(O)C(=O)N2c2nc(C)c(C(C)=O)s2)cc1OCC. The molecule has 1 unspecified atom stereocenters. The number of anilines is 1. The largest absolute Gasteiger partial charge is 0.503 e. The number of aliphatic hydroxyl groups is 1. The highest BCUT2D eigenvalue weighted by atomic mass is 32.1. The molecule has 1 atom stereocenters. The van der Waals surface area contributed by atoms with Gasteiger partial charge in [0.1, 0.15) is 0 Å². The van der Waals surface area contributed by atoms with Gasteiger partial charge in [0.15, 0.2) is 33.9 Å². The molecule has 3 heterocycles. The molecule has 1 aromatic carbocycles. The Hall–Kier alpha value is -3.92. The number of thiazole rings is 1. The van der Waals surface area contributed by atoms with Crippen molar-refractivity contribution in [3.8, 4) is 11.5 Å². The molecule has 3 aromatic rings. The lowest BCUT2D eigenvalue weighted by Gasteiger charge is -2.25. The van der Waals surface area contributed by atoms with Crippen LogP contribution in [0.15, 0.2) is 52.3 Å². The molecule has 9 nitrogen and oxygen atoms in total. The molecule has 36 heavy (non-hydrogen) atoms. The molecular formula is C26H26N2O7S. The lowest BCUT2D eigenvalue weighted by Crippen LogP contribution is -2.31. The second-order valence-corrected chi connectivity index (χ2v) is 9.08. The van der Waals surface area contributed by atoms with Gasteiger partial charge in [0.25, 0.3) is 5.91 Å². The standard InChI is InChI=1S/C26H26N2O7S/c1-5-11-34-17-10-9-16(13-19(17)33-6-2)21-20(22(30)18-8-7-12-35-18)23(31)25(32)28(21)26-27-14(3)24(36-26)15(4)29/h7-10,12-13,21,31H,5-6,11H2,1-4H3. The summed E-state index contributed by atoms with van der Waals surface area (Å²) in [7, 11) is 0. The van der Waals surface area contributed by atoms with Gasteiger partial charge >= 0.3 is 0 Å². The first-order valence-electron chi connectivity index (χ1n) is 11.5. The molecule has 0 spiro atoms. The van der Waals surface area contributed by atoms with Crippen molar-refractivity contribution in [3.63, 3.8) is 0 Å². The number of Topliss-reactive ketones (excluding diaryl/α,β-unsaturated/α-hetero) is 2. The summed E-state index contributed by atoms with van der Waals surface area (Å²) in [6.07, 6.45) is 2.14. The highest BCUT2D eigenvalue weighted by Gasteiger charge is 2.47. The average molecular weight is 511 g/mol. The van der Waals surface area contributed by atoms with Crippen LogP contribution < -0.4 is 14.4 Å². The van der Waals surface area contributed by atoms with Gasteiger partial charge in [-0.3, -0.25) is 19.3 Å². The number of ether oxygens (including phenoxy) is 2. The number of aliphatic hydroxyl groups excluding tert-OH is 1. The Morgan fingerprint density at radius 2 is 1.97 bits per heavy atom. The summed E-state index contributed by atoms with van der Waals surface area (Å²) in [5.74, 6) is -1.40. The highest BCUT2D eigenvalue weighted by molar-refractivity contribution is 7.17. The summed E-state index contributed by atoms with van der Waals surface area (Å²) in [5.41, 5.74) is 0.793. The first-order chi connectivity index (χ1) is 17.3. The van der Waals surface area contributed by atoms with Gasteiger partial charge in [0, 0.05) is 6.92 Å². The average Bonchev–Trinajstić information content (AvgIpc) is 3.57. The van der Waals surface area contributed by atoms with E-state index in [2.05, 4.69) is 4.98 Å². The van der Waals surface area contributed by atoms with E-state index in [0.29, 0.717) is 40.8 Å². The molecule has 0 saturated heterocycles. The van der Waals surface area contributed by atoms with E-state index in [9.17, 15) is 19.5 Å². The zero-order chi connectivity index (χ0) is 26.0. The zero-order valence-electron chi connectivity index (χ0n) is 20.4. The fourth-order valence-electron chi connectivity index (χ4n) is 4.00. The Morgan fingerprint density at radius 3 is 2.58 bits per heavy atom. The molecule has 1 N–H and O–H groups in total. The maximum Gasteiger partial charge on any atom is 0.296 e. The van der Waals surface area contributed by atoms with Crippen LogP contribution in [0.1, 0.15) is 64.7 Å². The fourth-order valence-corrected chi connectivity index (χ4v) is 4.99. The molecule has 1 aliphatic heterocycles. The smallest absolute Gasteiger partial charge is 0.296 e. The Kier molecular flexibility index (Phi) is 7.25. The van der Waals surface area contributed by atoms with Crippen LogP contribution in [-0.2, 0) is 4.79 Å². The van der Waals surface area contributed by atoms with Crippen molar-refractivity contribution >= 4 is 33.9 Å². The fraction of sp³-hybridized carbons (Fsp3) is 0.308. The van der Waals surface area contributed by atoms with Crippen LogP contribution >= 0.6 is 11.3 Å². The Balaban J connectivity index is 1.88. The third-order valence-electron chi connectivity index (χ3n) is 5.55. The Bertz CT molecular complexity index is 1340. The molecule has 188 valence electrons. The van der Waals surface area contributed by atoms with Crippen molar-refractivity contribution < 1.29 is 33.4 Å². The normalized spacial score (nSPS) is 15.5. The van der Waals surface area contributed by atoms with Crippen molar-refractivity contribution in [3.05, 3.63) is 69.8 Å². The third-order valence-corrected chi connectivity index (χ3v) is 6.81. The number of carbonyl (C=O) groups is 3. The van der Waals surface area contributed by atoms with Crippen LogP contribution in [0.2, 0.25) is 0 Å². The van der Waals surface area contributed by atoms with E-state index in [1.54, 1.807) is 31.2 Å². The van der Waals surface area contributed by atoms with Crippen molar-refractivity contribution in [2.24, 2.45) is 0 Å². The minimum Gasteiger partial charge on any atom is -0.503 e. The van der Waals surface area contributed by atoms with Crippen molar-refractivity contribution in [2.75, 3.05) is 18.1 Å². The molecule has 10 heteroatoms. The number of amides is 1. The lowest BCUT2D eigenvalue weighted by atomic mass is 9.95. The van der Waals surface area contributed by atoms with E-state index in [4.69, 9.17) is 13.9 Å². The van der Waals surface area contributed by atoms with Crippen molar-refractivity contribution in [1.29, 1.82) is 0 Å². The lowest BCUT2D eigenvalue weighted by molar-refractivity contribution is -0.117. The Morgan fingerprint density at radius 1 is 1.19 bits per heavy atom. The summed E-state index contributed by atoms with van der Waals surface area (Å²) in [6, 6.07) is 7.06. The minimum atomic E-state index is -1.04. The minimum absolute atomic E-state index is 0.0242. The summed E-state index contributed by atoms with van der Waals surface area (Å²) >= 11 is 1.02. The first kappa shape index (κ1) is 25.2. The number of ketones is 2. The van der Waals surface area contributed by atoms with Gasteiger partial charge in [-0.2, -0.15) is 0 Å². The first-order valence-corrected chi connectivity index (χ1v) is 12.3. The van der Waals surface area contributed by atoms with Gasteiger partial charge in [-0.25, -0.2) is 4.98 Å². The molecule has 0 aliphatic carbocycles. The number of rotatable bonds is 10. The highest BCUT2D eigenvalue weighted by Crippen LogP contribution is 2.45. The molecule has 0 fully saturated rings. The molecule has 0 radical (unpaired) electrons. The van der Waals surface area contributed by atoms with E-state index < -0.39 is 23.5 Å². The summed E-state index contributed by atoms with van der Waals surface area (Å²) in [6.45, 7) is 7.76. The third kappa shape index (κ3) is 4.51. The number of hydrogen-bond donors (Lipinski definition) is 1. The number of furan rings is 1. The predicted octanol–water partition coefficient (Wildman–Crippen LogP) is 5.22. The second-order valence-electron chi connectivity index (χ2n) is 8.10. The van der Waals surface area contributed by atoms with Gasteiger partial charge in [-0.05, 0) is 50.1 Å². The van der Waals surface area contributed by atoms with Crippen LogP contribution in [0.5, 0.6) is 11.5 Å². The van der Waals surface area contributed by atoms with Crippen LogP contribution in [0.25, 0.3) is 0 Å².